The maximum absolute atomic E-state index is 12.6. The van der Waals surface area contributed by atoms with Gasteiger partial charge in [0.25, 0.3) is 0 Å². The zero-order valence-corrected chi connectivity index (χ0v) is 18.7. The Hall–Kier alpha value is -3.32. The summed E-state index contributed by atoms with van der Waals surface area (Å²) in [5.41, 5.74) is 4.78. The Balaban J connectivity index is 2.19. The Morgan fingerprint density at radius 2 is 1.13 bits per heavy atom. The number of hydrogen-bond donors (Lipinski definition) is 1. The number of carboxylic acid groups (broad SMARTS) is 1. The molecule has 0 aliphatic heterocycles. The van der Waals surface area contributed by atoms with Gasteiger partial charge < -0.3 is 5.11 Å². The highest BCUT2D eigenvalue weighted by Crippen LogP contribution is 2.44. The first-order valence-corrected chi connectivity index (χ1v) is 12.5. The van der Waals surface area contributed by atoms with Crippen LogP contribution in [0.2, 0.25) is 0 Å². The van der Waals surface area contributed by atoms with Gasteiger partial charge in [0.1, 0.15) is 0 Å². The van der Waals surface area contributed by atoms with Crippen molar-refractivity contribution in [3.63, 3.8) is 0 Å². The third kappa shape index (κ3) is 4.41. The number of carboxylic acids is 1. The predicted molar refractivity (Wildman–Crippen MR) is 128 cm³/mol. The summed E-state index contributed by atoms with van der Waals surface area (Å²) in [4.78, 5) is 11.8. The molecule has 0 aliphatic carbocycles. The number of rotatable bonds is 6. The molecule has 0 aromatic heterocycles. The second-order valence-electron chi connectivity index (χ2n) is 7.03. The average molecular weight is 522 g/mol. The third-order valence-electron chi connectivity index (χ3n) is 5.08. The molecule has 4 aromatic rings. The Bertz CT molecular complexity index is 1290. The van der Waals surface area contributed by atoms with Crippen molar-refractivity contribution in [3.8, 4) is 33.4 Å². The van der Waals surface area contributed by atoms with Gasteiger partial charge in [0.15, 0.2) is 0 Å². The van der Waals surface area contributed by atoms with Gasteiger partial charge in [0, 0.05) is 5.56 Å². The van der Waals surface area contributed by atoms with Crippen molar-refractivity contribution in [2.45, 2.75) is 6.42 Å². The number of benzene rings is 4. The summed E-state index contributed by atoms with van der Waals surface area (Å²) in [6.45, 7) is 0. The van der Waals surface area contributed by atoms with Crippen molar-refractivity contribution in [3.05, 3.63) is 106 Å². The van der Waals surface area contributed by atoms with Crippen molar-refractivity contribution >= 4 is 25.8 Å². The van der Waals surface area contributed by atoms with E-state index in [1.54, 1.807) is 0 Å². The SMILES string of the molecule is O=C(O)Cc1c(-c2ccccc2)c(-c2ccccc2)cc(-c2ccccc2)c1I(=O)=O. The van der Waals surface area contributed by atoms with E-state index >= 15 is 0 Å². The Morgan fingerprint density at radius 1 is 0.677 bits per heavy atom. The van der Waals surface area contributed by atoms with E-state index in [2.05, 4.69) is 0 Å². The highest BCUT2D eigenvalue weighted by atomic mass is 127. The highest BCUT2D eigenvalue weighted by molar-refractivity contribution is 14.2. The number of halogens is 1. The van der Waals surface area contributed by atoms with Gasteiger partial charge in [-0.15, -0.1) is 0 Å². The molecule has 154 valence electrons. The molecule has 0 unspecified atom stereocenters. The van der Waals surface area contributed by atoms with Gasteiger partial charge in [-0.05, 0) is 39.4 Å². The van der Waals surface area contributed by atoms with E-state index in [0.29, 0.717) is 16.7 Å². The minimum atomic E-state index is -4.06. The molecule has 4 aromatic carbocycles. The largest absolute Gasteiger partial charge is 0.481 e. The van der Waals surface area contributed by atoms with Crippen LogP contribution in [0.15, 0.2) is 97.1 Å². The number of hydrogen-bond acceptors (Lipinski definition) is 3. The molecule has 31 heavy (non-hydrogen) atoms. The Kier molecular flexibility index (Phi) is 6.23. The van der Waals surface area contributed by atoms with Crippen LogP contribution in [0.5, 0.6) is 0 Å². The van der Waals surface area contributed by atoms with Crippen LogP contribution in [-0.2, 0) is 17.4 Å². The van der Waals surface area contributed by atoms with Crippen LogP contribution in [0.1, 0.15) is 5.56 Å². The molecule has 4 rings (SSSR count). The molecule has 1 N–H and O–H groups in total. The monoisotopic (exact) mass is 522 g/mol. The fraction of sp³-hybridized carbons (Fsp3) is 0.0385. The van der Waals surface area contributed by atoms with Gasteiger partial charge in [-0.25, -0.2) is 6.14 Å². The number of carbonyl (C=O) groups is 1. The fourth-order valence-corrected chi connectivity index (χ4v) is 5.75. The van der Waals surface area contributed by atoms with Crippen LogP contribution in [0, 0.1) is 3.57 Å². The van der Waals surface area contributed by atoms with E-state index < -0.39 is 25.8 Å². The molecule has 0 spiro atoms. The van der Waals surface area contributed by atoms with Gasteiger partial charge in [-0.2, -0.15) is 0 Å². The summed E-state index contributed by atoms with van der Waals surface area (Å²) in [7, 11) is 0. The van der Waals surface area contributed by atoms with E-state index in [4.69, 9.17) is 0 Å². The summed E-state index contributed by atoms with van der Waals surface area (Å²) in [6, 6.07) is 30.1. The molecule has 5 heteroatoms. The van der Waals surface area contributed by atoms with Crippen LogP contribution in [-0.4, -0.2) is 11.1 Å². The molecule has 0 aliphatic rings. The maximum atomic E-state index is 12.6. The van der Waals surface area contributed by atoms with Gasteiger partial charge in [0.05, 0.1) is 9.99 Å². The van der Waals surface area contributed by atoms with Crippen LogP contribution in [0.25, 0.3) is 33.4 Å². The first-order chi connectivity index (χ1) is 15.1. The molecule has 0 fully saturated rings. The summed E-state index contributed by atoms with van der Waals surface area (Å²) in [6.07, 6.45) is -0.376. The van der Waals surface area contributed by atoms with Gasteiger partial charge in [-0.3, -0.25) is 4.79 Å². The van der Waals surface area contributed by atoms with Crippen molar-refractivity contribution in [1.29, 1.82) is 0 Å². The molecule has 0 amide bonds. The quantitative estimate of drug-likeness (QED) is 0.287. The zero-order chi connectivity index (χ0) is 21.8. The lowest BCUT2D eigenvalue weighted by Crippen LogP contribution is -2.07. The Morgan fingerprint density at radius 3 is 1.58 bits per heavy atom. The van der Waals surface area contributed by atoms with Crippen LogP contribution in [0.4, 0.5) is 0 Å². The molecule has 0 bridgehead atoms. The van der Waals surface area contributed by atoms with Crippen molar-refractivity contribution < 1.29 is 16.0 Å². The molecular formula is C26H19IO4. The summed E-state index contributed by atoms with van der Waals surface area (Å²) in [5, 5.41) is 9.68. The summed E-state index contributed by atoms with van der Waals surface area (Å²) < 4.78 is 25.3. The zero-order valence-electron chi connectivity index (χ0n) is 16.5. The van der Waals surface area contributed by atoms with E-state index in [0.717, 1.165) is 22.3 Å². The smallest absolute Gasteiger partial charge is 0.341 e. The highest BCUT2D eigenvalue weighted by Gasteiger charge is 2.25. The molecule has 0 atom stereocenters. The summed E-state index contributed by atoms with van der Waals surface area (Å²) >= 11 is -4.06. The molecular weight excluding hydrogens is 503 g/mol. The number of aliphatic carboxylic acids is 1. The van der Waals surface area contributed by atoms with E-state index in [1.807, 2.05) is 97.1 Å². The van der Waals surface area contributed by atoms with Gasteiger partial charge in [-0.1, -0.05) is 91.0 Å². The van der Waals surface area contributed by atoms with Crippen molar-refractivity contribution in [1.82, 2.24) is 0 Å². The Labute approximate surface area is 187 Å². The standard InChI is InChI=1S/C26H19IO4/c28-24(29)17-23-25(20-14-8-3-9-15-20)21(18-10-4-1-5-11-18)16-22(26(23)27(30)31)19-12-6-2-7-13-19/h1-16H,17H2,(H,28,29). The lowest BCUT2D eigenvalue weighted by molar-refractivity contribution is -0.136. The van der Waals surface area contributed by atoms with Crippen LogP contribution >= 0.6 is 19.8 Å². The second-order valence-corrected chi connectivity index (χ2v) is 9.34. The van der Waals surface area contributed by atoms with Crippen LogP contribution in [0.3, 0.4) is 0 Å². The molecule has 4 nitrogen and oxygen atoms in total. The first-order valence-electron chi connectivity index (χ1n) is 9.69. The normalized spacial score (nSPS) is 10.9. The minimum Gasteiger partial charge on any atom is -0.481 e. The molecule has 0 radical (unpaired) electrons. The predicted octanol–water partition coefficient (Wildman–Crippen LogP) is 6.68. The maximum Gasteiger partial charge on any atom is 0.341 e. The summed E-state index contributed by atoms with van der Waals surface area (Å²) in [5.74, 6) is -1.07. The molecule has 0 saturated carbocycles. The minimum absolute atomic E-state index is 0.149. The van der Waals surface area contributed by atoms with E-state index in [1.165, 1.54) is 0 Å². The lowest BCUT2D eigenvalue weighted by Gasteiger charge is -2.20. The molecule has 0 saturated heterocycles. The van der Waals surface area contributed by atoms with E-state index in [-0.39, 0.29) is 9.99 Å². The average Bonchev–Trinajstić information content (AvgIpc) is 2.79. The third-order valence-corrected chi connectivity index (χ3v) is 7.19. The van der Waals surface area contributed by atoms with Crippen molar-refractivity contribution in [2.24, 2.45) is 0 Å². The van der Waals surface area contributed by atoms with Crippen LogP contribution < -0.4 is 0 Å². The lowest BCUT2D eigenvalue weighted by atomic mass is 9.86. The fourth-order valence-electron chi connectivity index (χ4n) is 3.82. The first kappa shape index (κ1) is 20.9. The van der Waals surface area contributed by atoms with Crippen molar-refractivity contribution in [2.75, 3.05) is 0 Å². The second kappa shape index (κ2) is 9.22. The van der Waals surface area contributed by atoms with E-state index in [9.17, 15) is 16.0 Å². The molecule has 0 heterocycles. The topological polar surface area (TPSA) is 71.4 Å². The van der Waals surface area contributed by atoms with Gasteiger partial charge in [0.2, 0.25) is 0 Å². The van der Waals surface area contributed by atoms with Gasteiger partial charge >= 0.3 is 25.8 Å².